The van der Waals surface area contributed by atoms with Gasteiger partial charge in [-0.3, -0.25) is 14.5 Å². The first kappa shape index (κ1) is 36.0. The summed E-state index contributed by atoms with van der Waals surface area (Å²) in [7, 11) is 1.99. The quantitative estimate of drug-likeness (QED) is 0.140. The van der Waals surface area contributed by atoms with Gasteiger partial charge in [-0.25, -0.2) is 4.79 Å². The molecule has 13 nitrogen and oxygen atoms in total. The molecule has 4 aromatic rings. The van der Waals surface area contributed by atoms with Crippen molar-refractivity contribution in [3.63, 3.8) is 0 Å². The minimum atomic E-state index is -0.465. The third kappa shape index (κ3) is 8.74. The third-order valence-corrected chi connectivity index (χ3v) is 9.17. The van der Waals surface area contributed by atoms with Crippen LogP contribution in [0.5, 0.6) is 17.2 Å². The number of carbonyl (C=O) groups excluding carboxylic acids is 3. The first-order valence-electron chi connectivity index (χ1n) is 17.2. The van der Waals surface area contributed by atoms with Gasteiger partial charge in [0.05, 0.1) is 30.4 Å². The number of nitrogens with zero attached hydrogens (tertiary/aromatic N) is 2. The second kappa shape index (κ2) is 16.0. The van der Waals surface area contributed by atoms with Gasteiger partial charge in [0.15, 0.2) is 11.5 Å². The number of nitrogens with two attached hydrogens (primary N) is 1. The Balaban J connectivity index is 1.14. The highest BCUT2D eigenvalue weighted by molar-refractivity contribution is 6.05. The summed E-state index contributed by atoms with van der Waals surface area (Å²) in [4.78, 5) is 43.2. The van der Waals surface area contributed by atoms with E-state index < -0.39 is 12.1 Å². The number of hydrogen-bond donors (Lipinski definition) is 5. The molecule has 0 bridgehead atoms. The molecule has 52 heavy (non-hydrogen) atoms. The molecule has 4 amide bonds. The van der Waals surface area contributed by atoms with Crippen LogP contribution in [0.1, 0.15) is 35.3 Å². The molecule has 0 unspecified atom stereocenters. The number of benzene rings is 4. The predicted molar refractivity (Wildman–Crippen MR) is 199 cm³/mol. The standard InChI is InChI=1S/C39H44N6O7/c1-24-19-45(25(2)22-46)37(47)17-28-16-29(41-39(49)42-30-13-15-34-35(18-30)51-23-50-34)12-14-33(28)52-36(24)21-44(3)20-26-8-10-27(11-9-26)38(48)43-32-7-5-4-6-31(32)40/h4-16,18,24-25,36,46H,17,19-23,40H2,1-3H3,(H,43,48)(H2,41,42,49)/t24-,25-,36-/m0/s1. The normalized spacial score (nSPS) is 17.2. The monoisotopic (exact) mass is 708 g/mol. The van der Waals surface area contributed by atoms with Crippen LogP contribution in [-0.4, -0.2) is 78.4 Å². The zero-order valence-electron chi connectivity index (χ0n) is 29.4. The van der Waals surface area contributed by atoms with E-state index in [9.17, 15) is 19.5 Å². The molecule has 2 heterocycles. The molecule has 2 aliphatic rings. The molecule has 272 valence electrons. The van der Waals surface area contributed by atoms with Crippen LogP contribution < -0.4 is 35.9 Å². The maximum atomic E-state index is 13.7. The van der Waals surface area contributed by atoms with Crippen molar-refractivity contribution >= 4 is 40.6 Å². The largest absolute Gasteiger partial charge is 0.488 e. The van der Waals surface area contributed by atoms with E-state index in [0.29, 0.717) is 70.8 Å². The summed E-state index contributed by atoms with van der Waals surface area (Å²) >= 11 is 0. The highest BCUT2D eigenvalue weighted by Crippen LogP contribution is 2.34. The molecule has 3 atom stereocenters. The zero-order chi connectivity index (χ0) is 36.8. The van der Waals surface area contributed by atoms with Crippen molar-refractivity contribution in [1.82, 2.24) is 9.80 Å². The molecule has 0 saturated heterocycles. The Hall–Kier alpha value is -5.79. The van der Waals surface area contributed by atoms with Gasteiger partial charge in [0, 0.05) is 54.1 Å². The number of hydrogen-bond acceptors (Lipinski definition) is 9. The lowest BCUT2D eigenvalue weighted by atomic mass is 10.0. The number of anilines is 4. The van der Waals surface area contributed by atoms with Crippen LogP contribution in [0.4, 0.5) is 27.5 Å². The van der Waals surface area contributed by atoms with E-state index in [1.165, 1.54) is 0 Å². The van der Waals surface area contributed by atoms with Crippen molar-refractivity contribution in [2.75, 3.05) is 55.2 Å². The summed E-state index contributed by atoms with van der Waals surface area (Å²) in [6.45, 7) is 5.33. The van der Waals surface area contributed by atoms with Gasteiger partial charge in [-0.15, -0.1) is 0 Å². The number of rotatable bonds is 10. The van der Waals surface area contributed by atoms with Crippen LogP contribution >= 0.6 is 0 Å². The molecule has 6 N–H and O–H groups in total. The van der Waals surface area contributed by atoms with E-state index in [1.54, 1.807) is 65.6 Å². The van der Waals surface area contributed by atoms with E-state index in [4.69, 9.17) is 19.9 Å². The SMILES string of the molecule is C[C@H]1CN([C@@H](C)CO)C(=O)Cc2cc(NC(=O)Nc3ccc4c(c3)OCO4)ccc2O[C@H]1CN(C)Cc1ccc(C(=O)Nc2ccccc2N)cc1. The summed E-state index contributed by atoms with van der Waals surface area (Å²) in [6, 6.07) is 24.1. The van der Waals surface area contributed by atoms with Crippen LogP contribution in [0.3, 0.4) is 0 Å². The van der Waals surface area contributed by atoms with Crippen molar-refractivity contribution < 1.29 is 33.7 Å². The summed E-state index contributed by atoms with van der Waals surface area (Å²) in [5, 5.41) is 18.5. The Morgan fingerprint density at radius 3 is 2.37 bits per heavy atom. The molecule has 0 fully saturated rings. The molecule has 0 saturated carbocycles. The van der Waals surface area contributed by atoms with E-state index in [-0.39, 0.29) is 43.7 Å². The molecule has 13 heteroatoms. The van der Waals surface area contributed by atoms with Crippen molar-refractivity contribution in [2.45, 2.75) is 39.0 Å². The number of carbonyl (C=O) groups is 3. The number of fused-ring (bicyclic) bond motifs is 2. The van der Waals surface area contributed by atoms with Gasteiger partial charge in [0.1, 0.15) is 11.9 Å². The molecule has 0 aliphatic carbocycles. The summed E-state index contributed by atoms with van der Waals surface area (Å²) in [6.07, 6.45) is -0.289. The Kier molecular flexibility index (Phi) is 11.1. The minimum absolute atomic E-state index is 0.0328. The Bertz CT molecular complexity index is 1920. The summed E-state index contributed by atoms with van der Waals surface area (Å²) in [5.41, 5.74) is 10.2. The van der Waals surface area contributed by atoms with Crippen molar-refractivity contribution in [2.24, 2.45) is 5.92 Å². The van der Waals surface area contributed by atoms with Gasteiger partial charge < -0.3 is 45.9 Å². The lowest BCUT2D eigenvalue weighted by Gasteiger charge is -2.34. The van der Waals surface area contributed by atoms with Gasteiger partial charge in [0.25, 0.3) is 5.91 Å². The fraction of sp³-hybridized carbons (Fsp3) is 0.308. The van der Waals surface area contributed by atoms with Crippen molar-refractivity contribution in [3.8, 4) is 17.2 Å². The molecular formula is C39H44N6O7. The van der Waals surface area contributed by atoms with Gasteiger partial charge in [-0.2, -0.15) is 0 Å². The number of ether oxygens (including phenoxy) is 3. The highest BCUT2D eigenvalue weighted by atomic mass is 16.7. The van der Waals surface area contributed by atoms with Crippen molar-refractivity contribution in [1.29, 1.82) is 0 Å². The first-order chi connectivity index (χ1) is 25.1. The smallest absolute Gasteiger partial charge is 0.323 e. The van der Waals surface area contributed by atoms with Crippen LogP contribution in [0.2, 0.25) is 0 Å². The molecule has 2 aliphatic heterocycles. The number of aliphatic hydroxyl groups excluding tert-OH is 1. The zero-order valence-corrected chi connectivity index (χ0v) is 29.4. The molecule has 0 radical (unpaired) electrons. The average molecular weight is 709 g/mol. The topological polar surface area (TPSA) is 168 Å². The van der Waals surface area contributed by atoms with Crippen molar-refractivity contribution in [3.05, 3.63) is 102 Å². The van der Waals surface area contributed by atoms with Gasteiger partial charge in [-0.05, 0) is 74.1 Å². The third-order valence-electron chi connectivity index (χ3n) is 9.17. The second-order valence-electron chi connectivity index (χ2n) is 13.3. The van der Waals surface area contributed by atoms with E-state index >= 15 is 0 Å². The van der Waals surface area contributed by atoms with E-state index in [0.717, 1.165) is 5.56 Å². The number of urea groups is 1. The lowest BCUT2D eigenvalue weighted by Crippen LogP contribution is -2.47. The van der Waals surface area contributed by atoms with Gasteiger partial charge in [-0.1, -0.05) is 31.2 Å². The number of para-hydroxylation sites is 2. The van der Waals surface area contributed by atoms with Gasteiger partial charge in [0.2, 0.25) is 12.7 Å². The lowest BCUT2D eigenvalue weighted by molar-refractivity contribution is -0.134. The summed E-state index contributed by atoms with van der Waals surface area (Å²) in [5.74, 6) is 1.23. The van der Waals surface area contributed by atoms with Gasteiger partial charge >= 0.3 is 6.03 Å². The number of nitrogens with one attached hydrogen (secondary N) is 3. The van der Waals surface area contributed by atoms with Crippen LogP contribution in [-0.2, 0) is 17.8 Å². The Labute approximate surface area is 302 Å². The highest BCUT2D eigenvalue weighted by Gasteiger charge is 2.31. The van der Waals surface area contributed by atoms with Crippen LogP contribution in [0, 0.1) is 5.92 Å². The fourth-order valence-corrected chi connectivity index (χ4v) is 6.24. The number of aliphatic hydroxyl groups is 1. The Morgan fingerprint density at radius 1 is 0.942 bits per heavy atom. The van der Waals surface area contributed by atoms with Crippen LogP contribution in [0.15, 0.2) is 84.9 Å². The molecule has 4 aromatic carbocycles. The maximum Gasteiger partial charge on any atom is 0.323 e. The Morgan fingerprint density at radius 2 is 1.63 bits per heavy atom. The minimum Gasteiger partial charge on any atom is -0.488 e. The summed E-state index contributed by atoms with van der Waals surface area (Å²) < 4.78 is 17.4. The van der Waals surface area contributed by atoms with Crippen LogP contribution in [0.25, 0.3) is 0 Å². The van der Waals surface area contributed by atoms with E-state index in [1.807, 2.05) is 45.2 Å². The molecule has 0 aromatic heterocycles. The number of nitrogen functional groups attached to an aromatic ring is 1. The predicted octanol–water partition coefficient (Wildman–Crippen LogP) is 5.17. The molecular weight excluding hydrogens is 664 g/mol. The first-order valence-corrected chi connectivity index (χ1v) is 17.2. The molecule has 0 spiro atoms. The number of amides is 4. The molecule has 6 rings (SSSR count). The van der Waals surface area contributed by atoms with E-state index in [2.05, 4.69) is 20.9 Å². The average Bonchev–Trinajstić information content (AvgIpc) is 3.61. The second-order valence-corrected chi connectivity index (χ2v) is 13.3. The maximum absolute atomic E-state index is 13.7. The fourth-order valence-electron chi connectivity index (χ4n) is 6.24. The number of likely N-dealkylation sites (N-methyl/N-ethyl adjacent to an activating group) is 1.